The van der Waals surface area contributed by atoms with Gasteiger partial charge in [-0.05, 0) is 18.2 Å². The maximum atomic E-state index is 11.7. The molecule has 1 aromatic heterocycles. The molecule has 0 aliphatic carbocycles. The lowest BCUT2D eigenvalue weighted by atomic mass is 10.2. The zero-order chi connectivity index (χ0) is 16.7. The number of esters is 2. The number of carbonyl (C=O) groups is 2. The first-order chi connectivity index (χ1) is 11.2. The fraction of sp³-hybridized carbons (Fsp3) is 0.188. The quantitative estimate of drug-likeness (QED) is 0.752. The summed E-state index contributed by atoms with van der Waals surface area (Å²) in [6.07, 6.45) is 1.30. The van der Waals surface area contributed by atoms with Gasteiger partial charge in [0.05, 0.1) is 18.9 Å². The van der Waals surface area contributed by atoms with Crippen LogP contribution in [0.1, 0.15) is 21.7 Å². The first-order valence-corrected chi connectivity index (χ1v) is 6.58. The molecule has 0 radical (unpaired) electrons. The van der Waals surface area contributed by atoms with Crippen molar-refractivity contribution in [3.63, 3.8) is 0 Å². The van der Waals surface area contributed by atoms with Crippen LogP contribution in [0.5, 0.6) is 5.75 Å². The number of furan rings is 1. The van der Waals surface area contributed by atoms with Gasteiger partial charge in [0.2, 0.25) is 5.76 Å². The summed E-state index contributed by atoms with van der Waals surface area (Å²) in [7, 11) is 1.22. The number of rotatable bonds is 6. The van der Waals surface area contributed by atoms with Crippen molar-refractivity contribution in [2.45, 2.75) is 6.61 Å². The topological polar surface area (TPSA) is 98.8 Å². The molecule has 2 rings (SSSR count). The summed E-state index contributed by atoms with van der Waals surface area (Å²) in [5, 5.41) is 8.92. The lowest BCUT2D eigenvalue weighted by Crippen LogP contribution is -2.16. The summed E-state index contributed by atoms with van der Waals surface area (Å²) in [5.41, 5.74) is 0.714. The highest BCUT2D eigenvalue weighted by molar-refractivity contribution is 5.87. The monoisotopic (exact) mass is 315 g/mol. The Balaban J connectivity index is 1.88. The van der Waals surface area contributed by atoms with Gasteiger partial charge in [0.25, 0.3) is 0 Å². The van der Waals surface area contributed by atoms with Crippen LogP contribution < -0.4 is 4.74 Å². The molecular formula is C16H13NO6. The highest BCUT2D eigenvalue weighted by atomic mass is 16.6. The molecule has 118 valence electrons. The van der Waals surface area contributed by atoms with Crippen molar-refractivity contribution in [3.8, 4) is 11.8 Å². The number of carbonyl (C=O) groups excluding carboxylic acids is 2. The van der Waals surface area contributed by atoms with E-state index in [-0.39, 0.29) is 19.0 Å². The summed E-state index contributed by atoms with van der Waals surface area (Å²) in [5.74, 6) is -1.02. The van der Waals surface area contributed by atoms with Crippen LogP contribution in [0.3, 0.4) is 0 Å². The number of benzene rings is 1. The second-order valence-corrected chi connectivity index (χ2v) is 4.32. The van der Waals surface area contributed by atoms with Gasteiger partial charge in [-0.2, -0.15) is 5.26 Å². The molecule has 23 heavy (non-hydrogen) atoms. The number of para-hydroxylation sites is 1. The average molecular weight is 315 g/mol. The molecule has 0 N–H and O–H groups in total. The van der Waals surface area contributed by atoms with E-state index in [9.17, 15) is 9.59 Å². The van der Waals surface area contributed by atoms with E-state index in [0.717, 1.165) is 0 Å². The summed E-state index contributed by atoms with van der Waals surface area (Å²) in [6.45, 7) is -0.507. The van der Waals surface area contributed by atoms with Gasteiger partial charge in [0.1, 0.15) is 18.4 Å². The molecule has 1 aromatic carbocycles. The van der Waals surface area contributed by atoms with E-state index in [1.54, 1.807) is 24.3 Å². The Labute approximate surface area is 132 Å². The molecule has 7 heteroatoms. The predicted molar refractivity (Wildman–Crippen MR) is 76.5 cm³/mol. The second-order valence-electron chi connectivity index (χ2n) is 4.32. The van der Waals surface area contributed by atoms with Crippen molar-refractivity contribution in [2.75, 3.05) is 13.7 Å². The summed E-state index contributed by atoms with van der Waals surface area (Å²) < 4.78 is 19.8. The van der Waals surface area contributed by atoms with Crippen LogP contribution in [-0.2, 0) is 20.9 Å². The van der Waals surface area contributed by atoms with Crippen molar-refractivity contribution < 1.29 is 28.2 Å². The van der Waals surface area contributed by atoms with Crippen LogP contribution in [-0.4, -0.2) is 25.7 Å². The van der Waals surface area contributed by atoms with Crippen molar-refractivity contribution in [1.29, 1.82) is 5.26 Å². The molecule has 1 heterocycles. The SMILES string of the molecule is COC(=O)c1occc1COC(=O)COc1ccccc1C#N. The standard InChI is InChI=1S/C16H13NO6/c1-20-16(19)15-12(6-7-21-15)9-23-14(18)10-22-13-5-3-2-4-11(13)8-17/h2-7H,9-10H2,1H3. The third-order valence-corrected chi connectivity index (χ3v) is 2.86. The van der Waals surface area contributed by atoms with Crippen molar-refractivity contribution in [1.82, 2.24) is 0 Å². The van der Waals surface area contributed by atoms with Crippen LogP contribution in [0.2, 0.25) is 0 Å². The van der Waals surface area contributed by atoms with E-state index >= 15 is 0 Å². The highest BCUT2D eigenvalue weighted by Gasteiger charge is 2.17. The minimum Gasteiger partial charge on any atom is -0.481 e. The van der Waals surface area contributed by atoms with Gasteiger partial charge in [-0.1, -0.05) is 12.1 Å². The van der Waals surface area contributed by atoms with Crippen LogP contribution in [0, 0.1) is 11.3 Å². The minimum absolute atomic E-state index is 0.0176. The second kappa shape index (κ2) is 7.66. The van der Waals surface area contributed by atoms with E-state index in [1.807, 2.05) is 6.07 Å². The largest absolute Gasteiger partial charge is 0.481 e. The molecule has 0 saturated heterocycles. The number of methoxy groups -OCH3 is 1. The van der Waals surface area contributed by atoms with E-state index < -0.39 is 11.9 Å². The normalized spacial score (nSPS) is 9.74. The van der Waals surface area contributed by atoms with Gasteiger partial charge in [-0.3, -0.25) is 0 Å². The number of hydrogen-bond acceptors (Lipinski definition) is 7. The van der Waals surface area contributed by atoms with Gasteiger partial charge < -0.3 is 18.6 Å². The van der Waals surface area contributed by atoms with Gasteiger partial charge in [0.15, 0.2) is 6.61 Å². The zero-order valence-electron chi connectivity index (χ0n) is 12.3. The first kappa shape index (κ1) is 16.1. The average Bonchev–Trinajstić information content (AvgIpc) is 3.06. The fourth-order valence-electron chi connectivity index (χ4n) is 1.74. The van der Waals surface area contributed by atoms with Gasteiger partial charge >= 0.3 is 11.9 Å². The molecule has 0 aliphatic rings. The predicted octanol–water partition coefficient (Wildman–Crippen LogP) is 2.06. The van der Waals surface area contributed by atoms with Gasteiger partial charge in [-0.25, -0.2) is 9.59 Å². The third kappa shape index (κ3) is 4.11. The smallest absolute Gasteiger partial charge is 0.374 e. The number of nitriles is 1. The highest BCUT2D eigenvalue weighted by Crippen LogP contribution is 2.17. The molecule has 0 spiro atoms. The molecule has 0 atom stereocenters. The molecule has 0 fully saturated rings. The van der Waals surface area contributed by atoms with Crippen molar-refractivity contribution in [2.24, 2.45) is 0 Å². The molecule has 0 bridgehead atoms. The molecule has 2 aromatic rings. The van der Waals surface area contributed by atoms with Crippen LogP contribution in [0.4, 0.5) is 0 Å². The molecule has 7 nitrogen and oxygen atoms in total. The molecule has 0 unspecified atom stereocenters. The van der Waals surface area contributed by atoms with Crippen LogP contribution in [0.25, 0.3) is 0 Å². The van der Waals surface area contributed by atoms with E-state index in [2.05, 4.69) is 4.74 Å². The van der Waals surface area contributed by atoms with Crippen molar-refractivity contribution in [3.05, 3.63) is 53.5 Å². The Bertz CT molecular complexity index is 743. The van der Waals surface area contributed by atoms with Crippen molar-refractivity contribution >= 4 is 11.9 Å². The van der Waals surface area contributed by atoms with Crippen LogP contribution >= 0.6 is 0 Å². The lowest BCUT2D eigenvalue weighted by Gasteiger charge is -2.08. The Kier molecular flexibility index (Phi) is 5.36. The van der Waals surface area contributed by atoms with E-state index in [4.69, 9.17) is 19.2 Å². The first-order valence-electron chi connectivity index (χ1n) is 6.58. The van der Waals surface area contributed by atoms with Gasteiger partial charge in [-0.15, -0.1) is 0 Å². The number of ether oxygens (including phenoxy) is 3. The minimum atomic E-state index is -0.653. The zero-order valence-corrected chi connectivity index (χ0v) is 12.3. The Morgan fingerprint density at radius 2 is 2.04 bits per heavy atom. The number of hydrogen-bond donors (Lipinski definition) is 0. The Hall–Kier alpha value is -3.27. The third-order valence-electron chi connectivity index (χ3n) is 2.86. The fourth-order valence-corrected chi connectivity index (χ4v) is 1.74. The van der Waals surface area contributed by atoms with E-state index in [1.165, 1.54) is 19.4 Å². The molecular weight excluding hydrogens is 302 g/mol. The summed E-state index contributed by atoms with van der Waals surface area (Å²) >= 11 is 0. The van der Waals surface area contributed by atoms with E-state index in [0.29, 0.717) is 16.9 Å². The molecule has 0 aliphatic heterocycles. The van der Waals surface area contributed by atoms with Crippen LogP contribution in [0.15, 0.2) is 41.0 Å². The Morgan fingerprint density at radius 3 is 2.78 bits per heavy atom. The molecule has 0 saturated carbocycles. The number of nitrogens with zero attached hydrogens (tertiary/aromatic N) is 1. The molecule has 0 amide bonds. The maximum Gasteiger partial charge on any atom is 0.374 e. The van der Waals surface area contributed by atoms with Gasteiger partial charge in [0, 0.05) is 5.56 Å². The Morgan fingerprint density at radius 1 is 1.26 bits per heavy atom. The maximum absolute atomic E-state index is 11.7. The summed E-state index contributed by atoms with van der Waals surface area (Å²) in [6, 6.07) is 10.0. The lowest BCUT2D eigenvalue weighted by molar-refractivity contribution is -0.147. The summed E-state index contributed by atoms with van der Waals surface area (Å²) in [4.78, 5) is 23.1.